The Morgan fingerprint density at radius 3 is 2.56 bits per heavy atom. The minimum atomic E-state index is -0.106. The molecule has 1 aliphatic heterocycles. The average Bonchev–Trinajstić information content (AvgIpc) is 3.23. The quantitative estimate of drug-likeness (QED) is 0.662. The van der Waals surface area contributed by atoms with Crippen molar-refractivity contribution in [1.82, 2.24) is 10.1 Å². The smallest absolute Gasteiger partial charge is 0.232 e. The predicted molar refractivity (Wildman–Crippen MR) is 100 cm³/mol. The Morgan fingerprint density at radius 2 is 1.84 bits per heavy atom. The second-order valence-corrected chi connectivity index (χ2v) is 7.06. The molecule has 1 amide bonds. The van der Waals surface area contributed by atoms with Gasteiger partial charge in [0.15, 0.2) is 0 Å². The summed E-state index contributed by atoms with van der Waals surface area (Å²) in [6, 6.07) is 15.1. The molecular weight excluding hydrogens is 357 g/mol. The fraction of sp³-hybridized carbons (Fsp3) is 0.167. The van der Waals surface area contributed by atoms with E-state index < -0.39 is 0 Å². The van der Waals surface area contributed by atoms with Crippen molar-refractivity contribution in [3.63, 3.8) is 0 Å². The molecule has 25 heavy (non-hydrogen) atoms. The molecule has 0 bridgehead atoms. The lowest BCUT2D eigenvalue weighted by Crippen LogP contribution is -2.24. The standard InChI is InChI=1S/C18H15ClN3O2P/c19-13-3-5-14(6-4-13)22-10-12(9-16(22)23)18-20-17(21-24-18)11-1-7-15(25)8-2-11/h1-8,12H,9-10,25H2. The van der Waals surface area contributed by atoms with Crippen LogP contribution in [0.1, 0.15) is 18.2 Å². The molecule has 4 rings (SSSR count). The molecule has 1 aromatic heterocycles. The van der Waals surface area contributed by atoms with Crippen LogP contribution in [-0.4, -0.2) is 22.6 Å². The molecule has 126 valence electrons. The van der Waals surface area contributed by atoms with E-state index in [4.69, 9.17) is 16.1 Å². The summed E-state index contributed by atoms with van der Waals surface area (Å²) >= 11 is 5.91. The first-order valence-corrected chi connectivity index (χ1v) is 8.81. The number of benzene rings is 2. The van der Waals surface area contributed by atoms with Crippen molar-refractivity contribution in [3.05, 3.63) is 59.4 Å². The van der Waals surface area contributed by atoms with E-state index in [0.29, 0.717) is 29.7 Å². The highest BCUT2D eigenvalue weighted by atomic mass is 35.5. The van der Waals surface area contributed by atoms with E-state index in [9.17, 15) is 4.79 Å². The molecule has 0 N–H and O–H groups in total. The minimum absolute atomic E-state index is 0.0411. The molecule has 1 fully saturated rings. The summed E-state index contributed by atoms with van der Waals surface area (Å²) in [5.74, 6) is 0.969. The zero-order chi connectivity index (χ0) is 17.4. The van der Waals surface area contributed by atoms with Crippen molar-refractivity contribution in [2.75, 3.05) is 11.4 Å². The van der Waals surface area contributed by atoms with Crippen molar-refractivity contribution in [2.45, 2.75) is 12.3 Å². The van der Waals surface area contributed by atoms with Gasteiger partial charge in [0.2, 0.25) is 17.6 Å². The van der Waals surface area contributed by atoms with Crippen molar-refractivity contribution in [3.8, 4) is 11.4 Å². The van der Waals surface area contributed by atoms with Gasteiger partial charge in [-0.25, -0.2) is 0 Å². The van der Waals surface area contributed by atoms with Gasteiger partial charge in [-0.1, -0.05) is 41.0 Å². The second kappa shape index (κ2) is 6.58. The summed E-state index contributed by atoms with van der Waals surface area (Å²) in [4.78, 5) is 18.6. The maximum Gasteiger partial charge on any atom is 0.232 e. The SMILES string of the molecule is O=C1CC(c2nc(-c3ccc(P)cc3)no2)CN1c1ccc(Cl)cc1. The molecule has 2 unspecified atom stereocenters. The minimum Gasteiger partial charge on any atom is -0.339 e. The van der Waals surface area contributed by atoms with E-state index in [1.54, 1.807) is 17.0 Å². The Morgan fingerprint density at radius 1 is 1.12 bits per heavy atom. The first-order chi connectivity index (χ1) is 12.1. The number of hydrogen-bond acceptors (Lipinski definition) is 4. The summed E-state index contributed by atoms with van der Waals surface area (Å²) in [6.45, 7) is 0.520. The molecule has 2 heterocycles. The number of amides is 1. The molecule has 0 spiro atoms. The molecule has 2 aromatic carbocycles. The summed E-state index contributed by atoms with van der Waals surface area (Å²) in [5.41, 5.74) is 1.72. The number of carbonyl (C=O) groups excluding carboxylic acids is 1. The maximum absolute atomic E-state index is 12.4. The fourth-order valence-corrected chi connectivity index (χ4v) is 3.21. The zero-order valence-electron chi connectivity index (χ0n) is 13.2. The van der Waals surface area contributed by atoms with E-state index in [1.165, 1.54) is 0 Å². The van der Waals surface area contributed by atoms with Crippen LogP contribution in [0.5, 0.6) is 0 Å². The van der Waals surface area contributed by atoms with E-state index in [-0.39, 0.29) is 11.8 Å². The van der Waals surface area contributed by atoms with Gasteiger partial charge in [-0.15, -0.1) is 9.24 Å². The Balaban J connectivity index is 1.54. The van der Waals surface area contributed by atoms with Gasteiger partial charge in [0.05, 0.1) is 5.92 Å². The summed E-state index contributed by atoms with van der Waals surface area (Å²) < 4.78 is 5.42. The summed E-state index contributed by atoms with van der Waals surface area (Å²) in [5, 5.41) is 5.79. The number of rotatable bonds is 3. The number of anilines is 1. The highest BCUT2D eigenvalue weighted by molar-refractivity contribution is 7.27. The molecule has 5 nitrogen and oxygen atoms in total. The van der Waals surface area contributed by atoms with Crippen LogP contribution >= 0.6 is 20.8 Å². The average molecular weight is 372 g/mol. The Kier molecular flexibility index (Phi) is 4.28. The molecule has 2 atom stereocenters. The van der Waals surface area contributed by atoms with Gasteiger partial charge in [0, 0.05) is 29.2 Å². The van der Waals surface area contributed by atoms with Gasteiger partial charge in [0.25, 0.3) is 0 Å². The Hall–Kier alpha value is -2.23. The molecule has 0 saturated carbocycles. The van der Waals surface area contributed by atoms with Crippen LogP contribution in [0.3, 0.4) is 0 Å². The van der Waals surface area contributed by atoms with E-state index in [1.807, 2.05) is 36.4 Å². The van der Waals surface area contributed by atoms with E-state index in [2.05, 4.69) is 19.4 Å². The van der Waals surface area contributed by atoms with Crippen LogP contribution in [0.25, 0.3) is 11.4 Å². The highest BCUT2D eigenvalue weighted by Gasteiger charge is 2.35. The fourth-order valence-electron chi connectivity index (χ4n) is 2.89. The Bertz CT molecular complexity index is 909. The van der Waals surface area contributed by atoms with Gasteiger partial charge in [-0.05, 0) is 29.6 Å². The first-order valence-electron chi connectivity index (χ1n) is 7.85. The van der Waals surface area contributed by atoms with Crippen LogP contribution in [0.15, 0.2) is 53.1 Å². The molecule has 1 aliphatic rings. The number of hydrogen-bond donors (Lipinski definition) is 0. The number of nitrogens with zero attached hydrogens (tertiary/aromatic N) is 3. The number of halogens is 1. The molecule has 0 aliphatic carbocycles. The first kappa shape index (κ1) is 16.2. The number of carbonyl (C=O) groups is 1. The number of aromatic nitrogens is 2. The highest BCUT2D eigenvalue weighted by Crippen LogP contribution is 2.32. The molecule has 1 saturated heterocycles. The van der Waals surface area contributed by atoms with E-state index in [0.717, 1.165) is 16.6 Å². The zero-order valence-corrected chi connectivity index (χ0v) is 15.1. The molecular formula is C18H15ClN3O2P. The van der Waals surface area contributed by atoms with Gasteiger partial charge < -0.3 is 9.42 Å². The second-order valence-electron chi connectivity index (χ2n) is 5.96. The predicted octanol–water partition coefficient (Wildman–Crippen LogP) is 3.41. The summed E-state index contributed by atoms with van der Waals surface area (Å²) in [7, 11) is 2.64. The lowest BCUT2D eigenvalue weighted by molar-refractivity contribution is -0.117. The summed E-state index contributed by atoms with van der Waals surface area (Å²) in [6.07, 6.45) is 0.356. The third-order valence-corrected chi connectivity index (χ3v) is 4.86. The largest absolute Gasteiger partial charge is 0.339 e. The van der Waals surface area contributed by atoms with Gasteiger partial charge in [-0.3, -0.25) is 4.79 Å². The topological polar surface area (TPSA) is 59.2 Å². The normalized spacial score (nSPS) is 17.3. The van der Waals surface area contributed by atoms with Crippen molar-refractivity contribution < 1.29 is 9.32 Å². The van der Waals surface area contributed by atoms with Gasteiger partial charge in [0.1, 0.15) is 0 Å². The van der Waals surface area contributed by atoms with Crippen LogP contribution in [0.2, 0.25) is 5.02 Å². The van der Waals surface area contributed by atoms with Crippen molar-refractivity contribution in [2.24, 2.45) is 0 Å². The lowest BCUT2D eigenvalue weighted by atomic mass is 10.1. The van der Waals surface area contributed by atoms with Gasteiger partial charge >= 0.3 is 0 Å². The van der Waals surface area contributed by atoms with Crippen molar-refractivity contribution >= 4 is 37.7 Å². The maximum atomic E-state index is 12.4. The van der Waals surface area contributed by atoms with Crippen LogP contribution < -0.4 is 10.2 Å². The monoisotopic (exact) mass is 371 g/mol. The van der Waals surface area contributed by atoms with Crippen LogP contribution in [0.4, 0.5) is 5.69 Å². The Labute approximate surface area is 152 Å². The third kappa shape index (κ3) is 3.30. The molecule has 7 heteroatoms. The van der Waals surface area contributed by atoms with Gasteiger partial charge in [-0.2, -0.15) is 4.98 Å². The van der Waals surface area contributed by atoms with Crippen molar-refractivity contribution in [1.29, 1.82) is 0 Å². The van der Waals surface area contributed by atoms with Crippen LogP contribution in [0, 0.1) is 0 Å². The lowest BCUT2D eigenvalue weighted by Gasteiger charge is -2.15. The third-order valence-electron chi connectivity index (χ3n) is 4.22. The molecule has 0 radical (unpaired) electrons. The molecule has 3 aromatic rings. The van der Waals surface area contributed by atoms with Crippen LogP contribution in [-0.2, 0) is 4.79 Å². The van der Waals surface area contributed by atoms with E-state index >= 15 is 0 Å².